The van der Waals surface area contributed by atoms with Crippen molar-refractivity contribution in [2.24, 2.45) is 0 Å². The van der Waals surface area contributed by atoms with Crippen LogP contribution in [0.2, 0.25) is 5.02 Å². The number of aliphatic hydroxyl groups is 1. The van der Waals surface area contributed by atoms with E-state index in [-0.39, 0.29) is 6.61 Å². The van der Waals surface area contributed by atoms with Crippen LogP contribution in [0.15, 0.2) is 22.7 Å². The van der Waals surface area contributed by atoms with Crippen molar-refractivity contribution in [1.82, 2.24) is 4.90 Å². The van der Waals surface area contributed by atoms with Crippen molar-refractivity contribution in [3.63, 3.8) is 0 Å². The highest BCUT2D eigenvalue weighted by Gasteiger charge is 2.10. The van der Waals surface area contributed by atoms with Crippen LogP contribution in [0.4, 0.5) is 0 Å². The zero-order valence-electron chi connectivity index (χ0n) is 10.6. The number of aliphatic hydroxyl groups excluding tert-OH is 1. The van der Waals surface area contributed by atoms with E-state index in [1.54, 1.807) is 18.2 Å². The topological polar surface area (TPSA) is 56.5 Å². The highest BCUT2D eigenvalue weighted by atomic mass is 79.9. The van der Waals surface area contributed by atoms with Gasteiger partial charge in [-0.1, -0.05) is 11.6 Å². The summed E-state index contributed by atoms with van der Waals surface area (Å²) in [6.07, 6.45) is -0.154. The minimum Gasteiger partial charge on any atom is -0.490 e. The van der Waals surface area contributed by atoms with Gasteiger partial charge >= 0.3 is 0 Å². The van der Waals surface area contributed by atoms with Crippen molar-refractivity contribution in [2.75, 3.05) is 26.7 Å². The van der Waals surface area contributed by atoms with Crippen LogP contribution in [-0.2, 0) is 0 Å². The van der Waals surface area contributed by atoms with E-state index in [0.29, 0.717) is 30.3 Å². The number of nitrogens with zero attached hydrogens (tertiary/aromatic N) is 2. The minimum absolute atomic E-state index is 0.192. The van der Waals surface area contributed by atoms with Gasteiger partial charge < -0.3 is 14.7 Å². The monoisotopic (exact) mass is 346 g/mol. The first-order valence-corrected chi connectivity index (χ1v) is 7.01. The van der Waals surface area contributed by atoms with E-state index >= 15 is 0 Å². The first-order valence-electron chi connectivity index (χ1n) is 5.84. The summed E-state index contributed by atoms with van der Waals surface area (Å²) in [7, 11) is 1.86. The fourth-order valence-electron chi connectivity index (χ4n) is 1.52. The molecule has 0 aliphatic rings. The summed E-state index contributed by atoms with van der Waals surface area (Å²) in [6.45, 7) is 1.29. The lowest BCUT2D eigenvalue weighted by atomic mass is 10.3. The van der Waals surface area contributed by atoms with E-state index in [1.807, 2.05) is 11.9 Å². The third-order valence-corrected chi connectivity index (χ3v) is 3.31. The summed E-state index contributed by atoms with van der Waals surface area (Å²) in [5.41, 5.74) is 0. The molecule has 1 atom stereocenters. The van der Waals surface area contributed by atoms with Crippen molar-refractivity contribution >= 4 is 27.5 Å². The first kappa shape index (κ1) is 16.3. The molecule has 0 aromatic heterocycles. The fourth-order valence-corrected chi connectivity index (χ4v) is 2.32. The molecule has 1 unspecified atom stereocenters. The van der Waals surface area contributed by atoms with E-state index in [1.165, 1.54) is 0 Å². The minimum atomic E-state index is -0.605. The molecule has 6 heteroatoms. The number of likely N-dealkylation sites (N-methyl/N-ethyl adjacent to an activating group) is 1. The maximum absolute atomic E-state index is 9.83. The maximum atomic E-state index is 9.83. The molecule has 1 aromatic carbocycles. The molecule has 0 radical (unpaired) electrons. The van der Waals surface area contributed by atoms with Gasteiger partial charge in [-0.05, 0) is 41.2 Å². The second-order valence-corrected chi connectivity index (χ2v) is 5.50. The van der Waals surface area contributed by atoms with E-state index in [4.69, 9.17) is 21.6 Å². The molecule has 19 heavy (non-hydrogen) atoms. The molecule has 1 aromatic rings. The Balaban J connectivity index is 2.37. The molecule has 0 amide bonds. The Morgan fingerprint density at radius 1 is 1.58 bits per heavy atom. The Morgan fingerprint density at radius 2 is 2.32 bits per heavy atom. The Hall–Kier alpha value is -0.800. The van der Waals surface area contributed by atoms with Gasteiger partial charge in [-0.25, -0.2) is 0 Å². The lowest BCUT2D eigenvalue weighted by Gasteiger charge is -2.20. The van der Waals surface area contributed by atoms with E-state index < -0.39 is 6.10 Å². The lowest BCUT2D eigenvalue weighted by Crippen LogP contribution is -2.33. The van der Waals surface area contributed by atoms with E-state index in [9.17, 15) is 5.11 Å². The second kappa shape index (κ2) is 8.39. The molecule has 0 aliphatic carbocycles. The summed E-state index contributed by atoms with van der Waals surface area (Å²) in [5.74, 6) is 0.642. The predicted molar refractivity (Wildman–Crippen MR) is 78.4 cm³/mol. The largest absolute Gasteiger partial charge is 0.490 e. The Morgan fingerprint density at radius 3 is 2.95 bits per heavy atom. The number of halogens is 2. The molecule has 1 rings (SSSR count). The van der Waals surface area contributed by atoms with Gasteiger partial charge in [-0.15, -0.1) is 0 Å². The second-order valence-electron chi connectivity index (χ2n) is 4.21. The van der Waals surface area contributed by atoms with Crippen molar-refractivity contribution in [1.29, 1.82) is 5.26 Å². The molecular weight excluding hydrogens is 332 g/mol. The van der Waals surface area contributed by atoms with Crippen LogP contribution in [0.1, 0.15) is 6.42 Å². The van der Waals surface area contributed by atoms with E-state index in [2.05, 4.69) is 22.0 Å². The number of hydrogen-bond acceptors (Lipinski definition) is 4. The molecular formula is C13H16BrClN2O2. The van der Waals surface area contributed by atoms with Crippen LogP contribution < -0.4 is 4.74 Å². The molecule has 104 valence electrons. The predicted octanol–water partition coefficient (Wildman–Crippen LogP) is 2.69. The number of ether oxygens (including phenoxy) is 1. The van der Waals surface area contributed by atoms with Crippen LogP contribution in [0.25, 0.3) is 0 Å². The summed E-state index contributed by atoms with van der Waals surface area (Å²) in [5, 5.41) is 18.9. The summed E-state index contributed by atoms with van der Waals surface area (Å²) in [6, 6.07) is 7.29. The zero-order chi connectivity index (χ0) is 14.3. The normalized spacial score (nSPS) is 12.2. The molecule has 0 bridgehead atoms. The van der Waals surface area contributed by atoms with Gasteiger partial charge in [-0.2, -0.15) is 5.26 Å². The molecule has 0 aliphatic heterocycles. The lowest BCUT2D eigenvalue weighted by molar-refractivity contribution is 0.0767. The number of rotatable bonds is 7. The highest BCUT2D eigenvalue weighted by Crippen LogP contribution is 2.27. The Labute approximate surface area is 126 Å². The van der Waals surface area contributed by atoms with Crippen molar-refractivity contribution < 1.29 is 9.84 Å². The molecule has 4 nitrogen and oxygen atoms in total. The molecule has 0 saturated carbocycles. The standard InChI is InChI=1S/C13H16BrClN2O2/c1-17(6-2-5-16)8-11(18)9-19-13-4-3-10(15)7-12(13)14/h3-4,7,11,18H,2,6,8-9H2,1H3. The molecule has 0 saturated heterocycles. The SMILES string of the molecule is CN(CCC#N)CC(O)COc1ccc(Cl)cc1Br. The fraction of sp³-hybridized carbons (Fsp3) is 0.462. The van der Waals surface area contributed by atoms with Crippen LogP contribution in [0.3, 0.4) is 0 Å². The van der Waals surface area contributed by atoms with Gasteiger partial charge in [0, 0.05) is 24.5 Å². The third kappa shape index (κ3) is 6.26. The smallest absolute Gasteiger partial charge is 0.133 e. The average Bonchev–Trinajstić information content (AvgIpc) is 2.35. The molecule has 1 N–H and O–H groups in total. The maximum Gasteiger partial charge on any atom is 0.133 e. The van der Waals surface area contributed by atoms with Crippen LogP contribution >= 0.6 is 27.5 Å². The molecule has 0 fully saturated rings. The van der Waals surface area contributed by atoms with Gasteiger partial charge in [0.25, 0.3) is 0 Å². The Kier molecular flexibility index (Phi) is 7.17. The average molecular weight is 348 g/mol. The van der Waals surface area contributed by atoms with Crippen LogP contribution in [0.5, 0.6) is 5.75 Å². The summed E-state index contributed by atoms with van der Waals surface area (Å²) in [4.78, 5) is 1.90. The quantitative estimate of drug-likeness (QED) is 0.824. The van der Waals surface area contributed by atoms with Gasteiger partial charge in [0.15, 0.2) is 0 Å². The van der Waals surface area contributed by atoms with Crippen molar-refractivity contribution in [2.45, 2.75) is 12.5 Å². The third-order valence-electron chi connectivity index (χ3n) is 2.45. The zero-order valence-corrected chi connectivity index (χ0v) is 13.0. The highest BCUT2D eigenvalue weighted by molar-refractivity contribution is 9.10. The van der Waals surface area contributed by atoms with Crippen molar-refractivity contribution in [3.8, 4) is 11.8 Å². The molecule has 0 heterocycles. The van der Waals surface area contributed by atoms with Gasteiger partial charge in [0.1, 0.15) is 18.5 Å². The first-order chi connectivity index (χ1) is 9.02. The number of hydrogen-bond donors (Lipinski definition) is 1. The number of benzene rings is 1. The summed E-state index contributed by atoms with van der Waals surface area (Å²) < 4.78 is 6.27. The van der Waals surface area contributed by atoms with Gasteiger partial charge in [-0.3, -0.25) is 0 Å². The number of nitriles is 1. The van der Waals surface area contributed by atoms with Gasteiger partial charge in [0.05, 0.1) is 10.5 Å². The van der Waals surface area contributed by atoms with Crippen LogP contribution in [0, 0.1) is 11.3 Å². The van der Waals surface area contributed by atoms with E-state index in [0.717, 1.165) is 4.47 Å². The summed E-state index contributed by atoms with van der Waals surface area (Å²) >= 11 is 9.17. The van der Waals surface area contributed by atoms with Crippen molar-refractivity contribution in [3.05, 3.63) is 27.7 Å². The Bertz CT molecular complexity index is 451. The molecule has 0 spiro atoms. The van der Waals surface area contributed by atoms with Crippen LogP contribution in [-0.4, -0.2) is 42.9 Å². The van der Waals surface area contributed by atoms with Gasteiger partial charge in [0.2, 0.25) is 0 Å².